The van der Waals surface area contributed by atoms with Gasteiger partial charge in [0.1, 0.15) is 12.1 Å². The highest BCUT2D eigenvalue weighted by atomic mass is 31.2. The summed E-state index contributed by atoms with van der Waals surface area (Å²) >= 11 is 0. The molecule has 0 heterocycles. The zero-order valence-corrected chi connectivity index (χ0v) is 28.6. The number of nitrogens with two attached hydrogens (primary N) is 1. The first-order valence-electron chi connectivity index (χ1n) is 16.7. The number of carbonyl (C=O) groups excluding carboxylic acids is 1. The number of ether oxygens (including phenoxy) is 2. The van der Waals surface area contributed by atoms with E-state index in [0.29, 0.717) is 13.0 Å². The zero-order chi connectivity index (χ0) is 33.4. The van der Waals surface area contributed by atoms with Gasteiger partial charge in [-0.1, -0.05) is 107 Å². The average molecular weight is 658 g/mol. The van der Waals surface area contributed by atoms with E-state index < -0.39 is 45.1 Å². The van der Waals surface area contributed by atoms with Crippen LogP contribution in [0.3, 0.4) is 0 Å². The summed E-state index contributed by atoms with van der Waals surface area (Å²) in [5.41, 5.74) is 5.31. The number of phosphoric acid groups is 1. The van der Waals surface area contributed by atoms with Gasteiger partial charge < -0.3 is 25.2 Å². The first-order valence-corrected chi connectivity index (χ1v) is 18.2. The topological polar surface area (TPSA) is 155 Å². The number of allylic oxidation sites excluding steroid dienone is 8. The SMILES string of the molecule is CC/C=C\C/C=C\C/C=C\C/C=C\CCCCC(=O)OC(COCCCCCCCCCC)COP(=O)(O)OCC(N)C(=O)O. The Bertz CT molecular complexity index is 904. The molecule has 0 aromatic carbocycles. The second kappa shape index (κ2) is 30.6. The first kappa shape index (κ1) is 42.9. The van der Waals surface area contributed by atoms with Crippen molar-refractivity contribution in [2.75, 3.05) is 26.4 Å². The fourth-order valence-electron chi connectivity index (χ4n) is 4.00. The molecule has 0 aliphatic carbocycles. The van der Waals surface area contributed by atoms with E-state index in [2.05, 4.69) is 67.0 Å². The van der Waals surface area contributed by atoms with Crippen molar-refractivity contribution in [2.45, 2.75) is 129 Å². The fourth-order valence-corrected chi connectivity index (χ4v) is 4.78. The minimum atomic E-state index is -4.61. The van der Waals surface area contributed by atoms with Crippen LogP contribution in [-0.4, -0.2) is 60.5 Å². The minimum Gasteiger partial charge on any atom is -0.480 e. The minimum absolute atomic E-state index is 0.00116. The summed E-state index contributed by atoms with van der Waals surface area (Å²) < 4.78 is 32.9. The van der Waals surface area contributed by atoms with E-state index in [-0.39, 0.29) is 13.0 Å². The van der Waals surface area contributed by atoms with Gasteiger partial charge in [0.25, 0.3) is 0 Å². The van der Waals surface area contributed by atoms with Crippen LogP contribution in [0.2, 0.25) is 0 Å². The van der Waals surface area contributed by atoms with E-state index in [1.807, 2.05) is 0 Å². The van der Waals surface area contributed by atoms with Gasteiger partial charge in [-0.05, 0) is 51.4 Å². The molecular weight excluding hydrogens is 597 g/mol. The third-order valence-electron chi connectivity index (χ3n) is 6.62. The van der Waals surface area contributed by atoms with E-state index in [1.54, 1.807) is 0 Å². The molecule has 45 heavy (non-hydrogen) atoms. The lowest BCUT2D eigenvalue weighted by Crippen LogP contribution is -2.34. The predicted molar refractivity (Wildman–Crippen MR) is 180 cm³/mol. The molecule has 0 fully saturated rings. The van der Waals surface area contributed by atoms with Gasteiger partial charge in [0.2, 0.25) is 0 Å². The molecule has 10 nitrogen and oxygen atoms in total. The maximum Gasteiger partial charge on any atom is 0.472 e. The third kappa shape index (κ3) is 30.4. The summed E-state index contributed by atoms with van der Waals surface area (Å²) in [6.45, 7) is 3.64. The van der Waals surface area contributed by atoms with Gasteiger partial charge in [0.15, 0.2) is 0 Å². The molecule has 0 aromatic rings. The molecule has 0 saturated heterocycles. The van der Waals surface area contributed by atoms with Gasteiger partial charge in [-0.15, -0.1) is 0 Å². The molecule has 260 valence electrons. The van der Waals surface area contributed by atoms with E-state index in [9.17, 15) is 19.0 Å². The Morgan fingerprint density at radius 3 is 1.89 bits per heavy atom. The molecule has 0 bridgehead atoms. The number of aliphatic carboxylic acids is 1. The van der Waals surface area contributed by atoms with Crippen molar-refractivity contribution in [3.05, 3.63) is 48.6 Å². The van der Waals surface area contributed by atoms with Crippen molar-refractivity contribution in [1.82, 2.24) is 0 Å². The number of carboxylic acid groups (broad SMARTS) is 1. The average Bonchev–Trinajstić information content (AvgIpc) is 3.01. The van der Waals surface area contributed by atoms with Crippen molar-refractivity contribution in [2.24, 2.45) is 5.73 Å². The van der Waals surface area contributed by atoms with E-state index >= 15 is 0 Å². The maximum atomic E-state index is 12.5. The summed E-state index contributed by atoms with van der Waals surface area (Å²) in [7, 11) is -4.61. The van der Waals surface area contributed by atoms with E-state index in [1.165, 1.54) is 32.1 Å². The Labute approximate surface area is 271 Å². The fraction of sp³-hybridized carbons (Fsp3) is 0.706. The van der Waals surface area contributed by atoms with Gasteiger partial charge in [0, 0.05) is 13.0 Å². The van der Waals surface area contributed by atoms with Crippen LogP contribution < -0.4 is 5.73 Å². The van der Waals surface area contributed by atoms with Gasteiger partial charge >= 0.3 is 19.8 Å². The zero-order valence-electron chi connectivity index (χ0n) is 27.7. The second-order valence-corrected chi connectivity index (χ2v) is 12.4. The molecule has 0 aromatic heterocycles. The Morgan fingerprint density at radius 1 is 0.733 bits per heavy atom. The molecule has 0 rings (SSSR count). The van der Waals surface area contributed by atoms with Crippen LogP contribution in [-0.2, 0) is 32.7 Å². The molecule has 0 amide bonds. The number of esters is 1. The van der Waals surface area contributed by atoms with Crippen molar-refractivity contribution >= 4 is 19.8 Å². The van der Waals surface area contributed by atoms with E-state index in [4.69, 9.17) is 24.8 Å². The summed E-state index contributed by atoms with van der Waals surface area (Å²) in [6.07, 6.45) is 31.8. The quantitative estimate of drug-likeness (QED) is 0.0289. The number of hydrogen-bond acceptors (Lipinski definition) is 8. The Kier molecular flexibility index (Phi) is 29.2. The lowest BCUT2D eigenvalue weighted by atomic mass is 10.1. The summed E-state index contributed by atoms with van der Waals surface area (Å²) in [5.74, 6) is -1.83. The molecule has 4 N–H and O–H groups in total. The van der Waals surface area contributed by atoms with Crippen LogP contribution in [0, 0.1) is 0 Å². The molecule has 3 unspecified atom stereocenters. The highest BCUT2D eigenvalue weighted by molar-refractivity contribution is 7.47. The molecule has 3 atom stereocenters. The van der Waals surface area contributed by atoms with Gasteiger partial charge in [-0.3, -0.25) is 18.6 Å². The molecule has 0 aliphatic rings. The number of phosphoric ester groups is 1. The predicted octanol–water partition coefficient (Wildman–Crippen LogP) is 7.97. The van der Waals surface area contributed by atoms with Crippen molar-refractivity contribution in [3.8, 4) is 0 Å². The summed E-state index contributed by atoms with van der Waals surface area (Å²) in [5, 5.41) is 8.82. The summed E-state index contributed by atoms with van der Waals surface area (Å²) in [6, 6.07) is -1.48. The second-order valence-electron chi connectivity index (χ2n) is 10.9. The molecular formula is C34H60NO9P. The van der Waals surface area contributed by atoms with Gasteiger partial charge in [0.05, 0.1) is 19.8 Å². The van der Waals surface area contributed by atoms with Crippen LogP contribution >= 0.6 is 7.82 Å². The highest BCUT2D eigenvalue weighted by Crippen LogP contribution is 2.43. The van der Waals surface area contributed by atoms with Crippen LogP contribution in [0.4, 0.5) is 0 Å². The number of carbonyl (C=O) groups is 2. The molecule has 0 spiro atoms. The van der Waals surface area contributed by atoms with Crippen LogP contribution in [0.5, 0.6) is 0 Å². The largest absolute Gasteiger partial charge is 0.480 e. The molecule has 0 saturated carbocycles. The normalized spacial score (nSPS) is 14.9. The van der Waals surface area contributed by atoms with Crippen LogP contribution in [0.25, 0.3) is 0 Å². The van der Waals surface area contributed by atoms with E-state index in [0.717, 1.165) is 57.8 Å². The van der Waals surface area contributed by atoms with Gasteiger partial charge in [-0.2, -0.15) is 0 Å². The number of carboxylic acids is 1. The highest BCUT2D eigenvalue weighted by Gasteiger charge is 2.27. The van der Waals surface area contributed by atoms with Crippen molar-refractivity contribution in [1.29, 1.82) is 0 Å². The lowest BCUT2D eigenvalue weighted by Gasteiger charge is -2.20. The third-order valence-corrected chi connectivity index (χ3v) is 7.57. The van der Waals surface area contributed by atoms with Crippen LogP contribution in [0.1, 0.15) is 117 Å². The standard InChI is InChI=1S/C34H60NO9P/c1-3-5-7-9-11-13-14-15-16-17-18-19-20-22-24-26-33(36)44-31(28-41-27-25-23-21-12-10-8-6-4-2)29-42-45(39,40)43-30-32(35)34(37)38/h5,7,11,13,15-16,18-19,31-32H,3-4,6,8-10,12,14,17,20-30,35H2,1-2H3,(H,37,38)(H,39,40)/b7-5-,13-11-,16-15-,19-18-. The van der Waals surface area contributed by atoms with Crippen molar-refractivity contribution < 1.29 is 42.7 Å². The maximum absolute atomic E-state index is 12.5. The summed E-state index contributed by atoms with van der Waals surface area (Å²) in [4.78, 5) is 33.2. The van der Waals surface area contributed by atoms with Crippen LogP contribution in [0.15, 0.2) is 48.6 Å². The molecule has 11 heteroatoms. The monoisotopic (exact) mass is 657 g/mol. The number of unbranched alkanes of at least 4 members (excludes halogenated alkanes) is 9. The number of hydrogen-bond donors (Lipinski definition) is 3. The lowest BCUT2D eigenvalue weighted by molar-refractivity contribution is -0.154. The van der Waals surface area contributed by atoms with Crippen molar-refractivity contribution in [3.63, 3.8) is 0 Å². The molecule has 0 radical (unpaired) electrons. The smallest absolute Gasteiger partial charge is 0.472 e. The Morgan fingerprint density at radius 2 is 1.29 bits per heavy atom. The van der Waals surface area contributed by atoms with Gasteiger partial charge in [-0.25, -0.2) is 4.57 Å². The molecule has 0 aliphatic heterocycles. The first-order chi connectivity index (χ1) is 21.7. The Hall–Kier alpha value is -2.07. The number of rotatable bonds is 31. The Balaban J connectivity index is 4.44.